The van der Waals surface area contributed by atoms with E-state index in [1.807, 2.05) is 18.4 Å². The van der Waals surface area contributed by atoms with Crippen molar-refractivity contribution in [3.63, 3.8) is 0 Å². The van der Waals surface area contributed by atoms with Crippen molar-refractivity contribution in [1.29, 1.82) is 0 Å². The van der Waals surface area contributed by atoms with Crippen LogP contribution in [0.25, 0.3) is 0 Å². The minimum absolute atomic E-state index is 0.0124. The van der Waals surface area contributed by atoms with Crippen molar-refractivity contribution in [2.24, 2.45) is 5.10 Å². The Morgan fingerprint density at radius 3 is 2.74 bits per heavy atom. The number of thiophene rings is 1. The number of hydrazone groups is 1. The van der Waals surface area contributed by atoms with E-state index in [1.54, 1.807) is 11.3 Å². The molecule has 5 nitrogen and oxygen atoms in total. The number of benzene rings is 1. The first-order valence-corrected chi connectivity index (χ1v) is 8.39. The molecule has 0 atom stereocenters. The van der Waals surface area contributed by atoms with Crippen LogP contribution in [0.1, 0.15) is 47.5 Å². The van der Waals surface area contributed by atoms with Gasteiger partial charge in [-0.1, -0.05) is 20.3 Å². The molecule has 6 heteroatoms. The Hall–Kier alpha value is -2.34. The van der Waals surface area contributed by atoms with Crippen molar-refractivity contribution in [3.05, 3.63) is 45.6 Å². The van der Waals surface area contributed by atoms with Crippen LogP contribution in [0.4, 0.5) is 0 Å². The molecule has 1 aromatic heterocycles. The third-order valence-corrected chi connectivity index (χ3v) is 4.33. The fraction of sp³-hybridized carbons (Fsp3) is 0.294. The van der Waals surface area contributed by atoms with Gasteiger partial charge in [-0.25, -0.2) is 5.43 Å². The molecule has 1 amide bonds. The van der Waals surface area contributed by atoms with Crippen LogP contribution in [-0.2, 0) is 6.42 Å². The molecular weight excluding hydrogens is 312 g/mol. The number of phenolic OH excluding ortho intramolecular Hbond substituents is 2. The lowest BCUT2D eigenvalue weighted by Gasteiger charge is -2.07. The van der Waals surface area contributed by atoms with Gasteiger partial charge in [0.2, 0.25) is 0 Å². The maximum Gasteiger partial charge on any atom is 0.272 e. The summed E-state index contributed by atoms with van der Waals surface area (Å²) >= 11 is 1.56. The molecular formula is C17H20N2O3S. The second kappa shape index (κ2) is 7.78. The number of aromatic hydroxyl groups is 2. The molecule has 1 aromatic carbocycles. The molecule has 0 spiro atoms. The van der Waals surface area contributed by atoms with Crippen molar-refractivity contribution < 1.29 is 15.0 Å². The Bertz CT molecular complexity index is 722. The highest BCUT2D eigenvalue weighted by Gasteiger charge is 2.11. The minimum atomic E-state index is -0.283. The normalized spacial score (nSPS) is 11.5. The summed E-state index contributed by atoms with van der Waals surface area (Å²) in [4.78, 5) is 13.3. The standard InChI is InChI=1S/C17H20N2O3S/c1-3-5-13-8-11(10-23-13)17(22)19-18-15(4-2)14-9-12(20)6-7-16(14)21/h6-10,20-21H,3-5H2,1-2H3,(H,19,22). The number of aryl methyl sites for hydroxylation is 1. The first-order valence-electron chi connectivity index (χ1n) is 7.51. The van der Waals surface area contributed by atoms with E-state index >= 15 is 0 Å². The summed E-state index contributed by atoms with van der Waals surface area (Å²) in [5, 5.41) is 25.3. The summed E-state index contributed by atoms with van der Waals surface area (Å²) in [6, 6.07) is 6.09. The molecule has 2 aromatic rings. The topological polar surface area (TPSA) is 81.9 Å². The monoisotopic (exact) mass is 332 g/mol. The van der Waals surface area contributed by atoms with Gasteiger partial charge < -0.3 is 10.2 Å². The molecule has 1 heterocycles. The maximum atomic E-state index is 12.1. The van der Waals surface area contributed by atoms with Crippen LogP contribution in [-0.4, -0.2) is 21.8 Å². The van der Waals surface area contributed by atoms with Crippen LogP contribution in [0.2, 0.25) is 0 Å². The Morgan fingerprint density at radius 1 is 1.26 bits per heavy atom. The molecule has 0 aliphatic carbocycles. The van der Waals surface area contributed by atoms with Gasteiger partial charge in [0, 0.05) is 15.8 Å². The van der Waals surface area contributed by atoms with Gasteiger partial charge in [-0.2, -0.15) is 5.10 Å². The van der Waals surface area contributed by atoms with Gasteiger partial charge in [0.15, 0.2) is 0 Å². The molecule has 0 saturated heterocycles. The van der Waals surface area contributed by atoms with Crippen LogP contribution in [0.15, 0.2) is 34.7 Å². The van der Waals surface area contributed by atoms with E-state index in [0.717, 1.165) is 12.8 Å². The number of hydrogen-bond donors (Lipinski definition) is 3. The first kappa shape index (κ1) is 17.0. The Labute approximate surface area is 139 Å². The number of hydrogen-bond acceptors (Lipinski definition) is 5. The van der Waals surface area contributed by atoms with Gasteiger partial charge in [0.05, 0.1) is 11.3 Å². The van der Waals surface area contributed by atoms with Crippen molar-refractivity contribution in [2.75, 3.05) is 0 Å². The summed E-state index contributed by atoms with van der Waals surface area (Å²) < 4.78 is 0. The molecule has 0 aliphatic rings. The number of nitrogens with zero attached hydrogens (tertiary/aromatic N) is 1. The van der Waals surface area contributed by atoms with Crippen LogP contribution in [0, 0.1) is 0 Å². The quantitative estimate of drug-likeness (QED) is 0.429. The summed E-state index contributed by atoms with van der Waals surface area (Å²) in [5.41, 5.74) is 4.00. The Balaban J connectivity index is 2.15. The molecule has 0 bridgehead atoms. The number of phenols is 2. The second-order valence-corrected chi connectivity index (χ2v) is 6.10. The lowest BCUT2D eigenvalue weighted by Crippen LogP contribution is -2.19. The average Bonchev–Trinajstić information content (AvgIpc) is 3.00. The van der Waals surface area contributed by atoms with E-state index in [2.05, 4.69) is 17.5 Å². The van der Waals surface area contributed by atoms with E-state index in [1.165, 1.54) is 23.1 Å². The summed E-state index contributed by atoms with van der Waals surface area (Å²) in [6.07, 6.45) is 2.50. The lowest BCUT2D eigenvalue weighted by atomic mass is 10.1. The average molecular weight is 332 g/mol. The van der Waals surface area contributed by atoms with Gasteiger partial charge in [0.1, 0.15) is 11.5 Å². The van der Waals surface area contributed by atoms with Crippen LogP contribution < -0.4 is 5.43 Å². The molecule has 2 rings (SSSR count). The van der Waals surface area contributed by atoms with Crippen molar-refractivity contribution in [1.82, 2.24) is 5.43 Å². The third kappa shape index (κ3) is 4.32. The van der Waals surface area contributed by atoms with E-state index in [9.17, 15) is 15.0 Å². The molecule has 0 saturated carbocycles. The van der Waals surface area contributed by atoms with Crippen LogP contribution in [0.5, 0.6) is 11.5 Å². The summed E-state index contributed by atoms with van der Waals surface area (Å²) in [5.74, 6) is -0.236. The molecule has 0 radical (unpaired) electrons. The van der Waals surface area contributed by atoms with Crippen molar-refractivity contribution >= 4 is 23.0 Å². The fourth-order valence-corrected chi connectivity index (χ4v) is 3.12. The largest absolute Gasteiger partial charge is 0.508 e. The van der Waals surface area contributed by atoms with Gasteiger partial charge in [-0.15, -0.1) is 11.3 Å². The predicted octanol–water partition coefficient (Wildman–Crippen LogP) is 3.66. The van der Waals surface area contributed by atoms with Gasteiger partial charge in [-0.3, -0.25) is 4.79 Å². The van der Waals surface area contributed by atoms with E-state index in [-0.39, 0.29) is 17.4 Å². The number of nitrogens with one attached hydrogen (secondary N) is 1. The highest BCUT2D eigenvalue weighted by Crippen LogP contribution is 2.23. The second-order valence-electron chi connectivity index (χ2n) is 5.11. The van der Waals surface area contributed by atoms with Gasteiger partial charge in [0.25, 0.3) is 5.91 Å². The van der Waals surface area contributed by atoms with E-state index in [4.69, 9.17) is 0 Å². The number of rotatable bonds is 6. The van der Waals surface area contributed by atoms with Crippen molar-refractivity contribution in [3.8, 4) is 11.5 Å². The zero-order valence-electron chi connectivity index (χ0n) is 13.2. The van der Waals surface area contributed by atoms with Crippen LogP contribution in [0.3, 0.4) is 0 Å². The number of amides is 1. The van der Waals surface area contributed by atoms with Gasteiger partial charge in [-0.05, 0) is 37.1 Å². The Kier molecular flexibility index (Phi) is 5.76. The zero-order chi connectivity index (χ0) is 16.8. The summed E-state index contributed by atoms with van der Waals surface area (Å²) in [6.45, 7) is 3.96. The number of carbonyl (C=O) groups excluding carboxylic acids is 1. The molecule has 23 heavy (non-hydrogen) atoms. The summed E-state index contributed by atoms with van der Waals surface area (Å²) in [7, 11) is 0. The Morgan fingerprint density at radius 2 is 2.04 bits per heavy atom. The molecule has 122 valence electrons. The van der Waals surface area contributed by atoms with E-state index in [0.29, 0.717) is 23.3 Å². The smallest absolute Gasteiger partial charge is 0.272 e. The first-order chi connectivity index (χ1) is 11.0. The minimum Gasteiger partial charge on any atom is -0.508 e. The number of carbonyl (C=O) groups is 1. The zero-order valence-corrected chi connectivity index (χ0v) is 14.0. The molecule has 0 fully saturated rings. The lowest BCUT2D eigenvalue weighted by molar-refractivity contribution is 0.0955. The maximum absolute atomic E-state index is 12.1. The predicted molar refractivity (Wildman–Crippen MR) is 92.4 cm³/mol. The third-order valence-electron chi connectivity index (χ3n) is 3.33. The highest BCUT2D eigenvalue weighted by atomic mass is 32.1. The SMILES string of the molecule is CCCc1cc(C(=O)NN=C(CC)c2cc(O)ccc2O)cs1. The molecule has 0 unspecified atom stereocenters. The molecule has 3 N–H and O–H groups in total. The van der Waals surface area contributed by atoms with E-state index < -0.39 is 0 Å². The fourth-order valence-electron chi connectivity index (χ4n) is 2.14. The highest BCUT2D eigenvalue weighted by molar-refractivity contribution is 7.10. The molecule has 0 aliphatic heterocycles. The van der Waals surface area contributed by atoms with Crippen LogP contribution >= 0.6 is 11.3 Å². The van der Waals surface area contributed by atoms with Crippen molar-refractivity contribution in [2.45, 2.75) is 33.1 Å². The van der Waals surface area contributed by atoms with Gasteiger partial charge >= 0.3 is 0 Å².